The van der Waals surface area contributed by atoms with Gasteiger partial charge in [-0.1, -0.05) is 30.3 Å². The second-order valence-electron chi connectivity index (χ2n) is 6.33. The molecule has 0 aliphatic rings. The molecule has 0 aliphatic heterocycles. The molecule has 4 rings (SSSR count). The second kappa shape index (κ2) is 7.73. The SMILES string of the molecule is C=CC(=O)Nc1ccc2ncn(-c3cncc(Nc4c(C)cccc4Cl)n3)c2c1. The molecule has 29 heavy (non-hydrogen) atoms. The van der Waals surface area contributed by atoms with Crippen molar-refractivity contribution in [2.24, 2.45) is 0 Å². The molecular weight excluding hydrogens is 388 g/mol. The number of imidazole rings is 1. The zero-order chi connectivity index (χ0) is 20.4. The number of rotatable bonds is 5. The van der Waals surface area contributed by atoms with Crippen LogP contribution in [-0.4, -0.2) is 25.4 Å². The highest BCUT2D eigenvalue weighted by atomic mass is 35.5. The molecular formula is C21H17ClN6O. The Morgan fingerprint density at radius 2 is 2.10 bits per heavy atom. The summed E-state index contributed by atoms with van der Waals surface area (Å²) in [6.45, 7) is 5.43. The summed E-state index contributed by atoms with van der Waals surface area (Å²) in [4.78, 5) is 24.9. The van der Waals surface area contributed by atoms with E-state index in [4.69, 9.17) is 11.6 Å². The smallest absolute Gasteiger partial charge is 0.247 e. The van der Waals surface area contributed by atoms with Gasteiger partial charge in [-0.15, -0.1) is 0 Å². The maximum Gasteiger partial charge on any atom is 0.247 e. The zero-order valence-electron chi connectivity index (χ0n) is 15.6. The number of nitrogens with zero attached hydrogens (tertiary/aromatic N) is 4. The van der Waals surface area contributed by atoms with Crippen LogP contribution in [0.15, 0.2) is 67.8 Å². The van der Waals surface area contributed by atoms with Gasteiger partial charge in [0.1, 0.15) is 6.33 Å². The van der Waals surface area contributed by atoms with Crippen molar-refractivity contribution < 1.29 is 4.79 Å². The van der Waals surface area contributed by atoms with E-state index in [-0.39, 0.29) is 5.91 Å². The van der Waals surface area contributed by atoms with Crippen molar-refractivity contribution in [3.8, 4) is 5.82 Å². The first-order valence-electron chi connectivity index (χ1n) is 8.80. The largest absolute Gasteiger partial charge is 0.337 e. The summed E-state index contributed by atoms with van der Waals surface area (Å²) in [6, 6.07) is 11.1. The van der Waals surface area contributed by atoms with Crippen molar-refractivity contribution in [1.29, 1.82) is 0 Å². The summed E-state index contributed by atoms with van der Waals surface area (Å²) >= 11 is 6.30. The molecule has 0 saturated heterocycles. The van der Waals surface area contributed by atoms with E-state index < -0.39 is 0 Å². The van der Waals surface area contributed by atoms with E-state index in [1.165, 1.54) is 6.08 Å². The van der Waals surface area contributed by atoms with Gasteiger partial charge in [0.25, 0.3) is 0 Å². The lowest BCUT2D eigenvalue weighted by atomic mass is 10.2. The summed E-state index contributed by atoms with van der Waals surface area (Å²) < 4.78 is 1.80. The minimum absolute atomic E-state index is 0.281. The summed E-state index contributed by atoms with van der Waals surface area (Å²) in [6.07, 6.45) is 6.15. The number of amides is 1. The Balaban J connectivity index is 1.71. The Bertz CT molecular complexity index is 1210. The summed E-state index contributed by atoms with van der Waals surface area (Å²) in [5.74, 6) is 0.850. The average molecular weight is 405 g/mol. The van der Waals surface area contributed by atoms with Gasteiger partial charge < -0.3 is 10.6 Å². The Hall–Kier alpha value is -3.71. The topological polar surface area (TPSA) is 84.7 Å². The van der Waals surface area contributed by atoms with Crippen molar-refractivity contribution in [2.45, 2.75) is 6.92 Å². The van der Waals surface area contributed by atoms with Crippen LogP contribution in [0.2, 0.25) is 5.02 Å². The Labute approximate surface area is 172 Å². The molecule has 0 radical (unpaired) electrons. The third-order valence-electron chi connectivity index (χ3n) is 4.34. The molecule has 0 atom stereocenters. The van der Waals surface area contributed by atoms with E-state index >= 15 is 0 Å². The minimum atomic E-state index is -0.281. The first-order valence-corrected chi connectivity index (χ1v) is 9.18. The van der Waals surface area contributed by atoms with Crippen LogP contribution in [0, 0.1) is 6.92 Å². The van der Waals surface area contributed by atoms with E-state index in [0.29, 0.717) is 22.3 Å². The molecule has 0 aliphatic carbocycles. The maximum absolute atomic E-state index is 11.6. The molecule has 0 saturated carbocycles. The van der Waals surface area contributed by atoms with Crippen LogP contribution in [-0.2, 0) is 4.79 Å². The highest BCUT2D eigenvalue weighted by Gasteiger charge is 2.10. The average Bonchev–Trinajstić information content (AvgIpc) is 3.14. The fourth-order valence-corrected chi connectivity index (χ4v) is 3.18. The van der Waals surface area contributed by atoms with Crippen LogP contribution in [0.4, 0.5) is 17.2 Å². The number of aromatic nitrogens is 4. The number of carbonyl (C=O) groups excluding carboxylic acids is 1. The van der Waals surface area contributed by atoms with Crippen LogP contribution in [0.5, 0.6) is 0 Å². The number of anilines is 3. The van der Waals surface area contributed by atoms with Gasteiger partial charge in [0.15, 0.2) is 11.6 Å². The van der Waals surface area contributed by atoms with Crippen molar-refractivity contribution in [3.63, 3.8) is 0 Å². The number of nitrogens with one attached hydrogen (secondary N) is 2. The van der Waals surface area contributed by atoms with E-state index in [2.05, 4.69) is 32.2 Å². The van der Waals surface area contributed by atoms with Crippen LogP contribution < -0.4 is 10.6 Å². The number of benzene rings is 2. The summed E-state index contributed by atoms with van der Waals surface area (Å²) in [5.41, 5.74) is 3.97. The Morgan fingerprint density at radius 1 is 1.24 bits per heavy atom. The van der Waals surface area contributed by atoms with Gasteiger partial charge in [-0.3, -0.25) is 14.3 Å². The standard InChI is InChI=1S/C21H17ClN6O/c1-3-20(29)25-14-7-8-16-17(9-14)28(12-24-16)19-11-23-10-18(26-19)27-21-13(2)5-4-6-15(21)22/h3-12H,1H2,2H3,(H,25,29)(H,26,27). The fourth-order valence-electron chi connectivity index (χ4n) is 2.91. The Kier molecular flexibility index (Phi) is 4.97. The van der Waals surface area contributed by atoms with E-state index in [9.17, 15) is 4.79 Å². The molecule has 1 amide bonds. The van der Waals surface area contributed by atoms with Gasteiger partial charge >= 0.3 is 0 Å². The molecule has 144 valence electrons. The molecule has 8 heteroatoms. The molecule has 4 aromatic rings. The molecule has 0 unspecified atom stereocenters. The summed E-state index contributed by atoms with van der Waals surface area (Å²) in [5, 5.41) is 6.58. The number of carbonyl (C=O) groups is 1. The highest BCUT2D eigenvalue weighted by Crippen LogP contribution is 2.28. The predicted octanol–water partition coefficient (Wildman–Crippen LogP) is 4.65. The van der Waals surface area contributed by atoms with Crippen LogP contribution in [0.25, 0.3) is 16.9 Å². The molecule has 0 bridgehead atoms. The monoisotopic (exact) mass is 404 g/mol. The molecule has 2 N–H and O–H groups in total. The Morgan fingerprint density at radius 3 is 2.90 bits per heavy atom. The molecule has 0 spiro atoms. The lowest BCUT2D eigenvalue weighted by Crippen LogP contribution is -2.07. The van der Waals surface area contributed by atoms with E-state index in [1.807, 2.05) is 37.3 Å². The van der Waals surface area contributed by atoms with E-state index in [0.717, 1.165) is 22.3 Å². The highest BCUT2D eigenvalue weighted by molar-refractivity contribution is 6.33. The normalized spacial score (nSPS) is 10.7. The molecule has 2 aromatic heterocycles. The van der Waals surface area contributed by atoms with Crippen molar-refractivity contribution in [2.75, 3.05) is 10.6 Å². The molecule has 0 fully saturated rings. The maximum atomic E-state index is 11.6. The zero-order valence-corrected chi connectivity index (χ0v) is 16.3. The third kappa shape index (κ3) is 3.81. The van der Waals surface area contributed by atoms with Gasteiger partial charge in [-0.2, -0.15) is 0 Å². The summed E-state index contributed by atoms with van der Waals surface area (Å²) in [7, 11) is 0. The van der Waals surface area contributed by atoms with Gasteiger partial charge in [0.2, 0.25) is 5.91 Å². The van der Waals surface area contributed by atoms with Gasteiger partial charge in [-0.05, 0) is 42.8 Å². The number of hydrogen-bond acceptors (Lipinski definition) is 5. The fraction of sp³-hybridized carbons (Fsp3) is 0.0476. The van der Waals surface area contributed by atoms with Gasteiger partial charge in [0, 0.05) is 5.69 Å². The quantitative estimate of drug-likeness (QED) is 0.473. The van der Waals surface area contributed by atoms with Crippen molar-refractivity contribution in [1.82, 2.24) is 19.5 Å². The van der Waals surface area contributed by atoms with Gasteiger partial charge in [-0.25, -0.2) is 9.97 Å². The molecule has 2 aromatic carbocycles. The first-order chi connectivity index (χ1) is 14.0. The lowest BCUT2D eigenvalue weighted by Gasteiger charge is -2.12. The predicted molar refractivity (Wildman–Crippen MR) is 115 cm³/mol. The van der Waals surface area contributed by atoms with Gasteiger partial charge in [0.05, 0.1) is 34.1 Å². The number of hydrogen-bond donors (Lipinski definition) is 2. The first kappa shape index (κ1) is 18.6. The number of para-hydroxylation sites is 1. The minimum Gasteiger partial charge on any atom is -0.337 e. The molecule has 7 nitrogen and oxygen atoms in total. The van der Waals surface area contributed by atoms with Crippen molar-refractivity contribution in [3.05, 3.63) is 78.4 Å². The second-order valence-corrected chi connectivity index (χ2v) is 6.74. The van der Waals surface area contributed by atoms with Crippen LogP contribution in [0.1, 0.15) is 5.56 Å². The third-order valence-corrected chi connectivity index (χ3v) is 4.66. The number of fused-ring (bicyclic) bond motifs is 1. The molecule has 2 heterocycles. The van der Waals surface area contributed by atoms with E-state index in [1.54, 1.807) is 29.4 Å². The lowest BCUT2D eigenvalue weighted by molar-refractivity contribution is -0.111. The number of aryl methyl sites for hydroxylation is 1. The van der Waals surface area contributed by atoms with Crippen LogP contribution >= 0.6 is 11.6 Å². The van der Waals surface area contributed by atoms with Crippen LogP contribution in [0.3, 0.4) is 0 Å². The number of halogens is 1. The van der Waals surface area contributed by atoms with Crippen molar-refractivity contribution >= 4 is 45.7 Å².